The number of anilines is 1. The second kappa shape index (κ2) is 7.46. The number of rotatable bonds is 5. The van der Waals surface area contributed by atoms with Crippen molar-refractivity contribution in [3.05, 3.63) is 28.8 Å². The van der Waals surface area contributed by atoms with E-state index in [9.17, 15) is 9.59 Å². The third-order valence-electron chi connectivity index (χ3n) is 3.92. The monoisotopic (exact) mass is 309 g/mol. The molecular weight excluding hydrogens is 290 g/mol. The van der Waals surface area contributed by atoms with Crippen molar-refractivity contribution in [2.45, 2.75) is 38.5 Å². The summed E-state index contributed by atoms with van der Waals surface area (Å²) in [5.74, 6) is 0.159. The van der Waals surface area contributed by atoms with Crippen molar-refractivity contribution in [1.29, 1.82) is 0 Å². The van der Waals surface area contributed by atoms with E-state index in [0.29, 0.717) is 28.6 Å². The molecule has 21 heavy (non-hydrogen) atoms. The van der Waals surface area contributed by atoms with E-state index in [0.717, 1.165) is 6.42 Å². The molecule has 1 N–H and O–H groups in total. The van der Waals surface area contributed by atoms with Crippen molar-refractivity contribution < 1.29 is 14.3 Å². The summed E-state index contributed by atoms with van der Waals surface area (Å²) in [6.07, 6.45) is 6.42. The Labute approximate surface area is 129 Å². The highest BCUT2D eigenvalue weighted by Crippen LogP contribution is 2.29. The van der Waals surface area contributed by atoms with Crippen molar-refractivity contribution in [1.82, 2.24) is 0 Å². The normalized spacial score (nSPS) is 15.0. The topological polar surface area (TPSA) is 55.4 Å². The average molecular weight is 310 g/mol. The summed E-state index contributed by atoms with van der Waals surface area (Å²) in [4.78, 5) is 23.5. The van der Waals surface area contributed by atoms with Crippen molar-refractivity contribution in [2.24, 2.45) is 5.92 Å². The number of benzene rings is 1. The lowest BCUT2D eigenvalue weighted by atomic mass is 10.0. The standard InChI is InChI=1S/C16H20ClNO3/c1-21-16(20)12-7-8-13(17)14(10-12)18-15(19)9-6-11-4-2-3-5-11/h7-8,10-11H,2-6,9H2,1H3,(H,18,19). The number of esters is 1. The molecule has 0 spiro atoms. The fourth-order valence-corrected chi connectivity index (χ4v) is 2.88. The van der Waals surface area contributed by atoms with Gasteiger partial charge in [0.2, 0.25) is 5.91 Å². The molecule has 1 aromatic carbocycles. The van der Waals surface area contributed by atoms with Gasteiger partial charge in [0, 0.05) is 6.42 Å². The van der Waals surface area contributed by atoms with Gasteiger partial charge in [0.1, 0.15) is 0 Å². The molecule has 0 unspecified atom stereocenters. The summed E-state index contributed by atoms with van der Waals surface area (Å²) in [5.41, 5.74) is 0.823. The maximum Gasteiger partial charge on any atom is 0.337 e. The Morgan fingerprint density at radius 2 is 2.05 bits per heavy atom. The molecule has 114 valence electrons. The van der Waals surface area contributed by atoms with Gasteiger partial charge < -0.3 is 10.1 Å². The maximum absolute atomic E-state index is 12.0. The third kappa shape index (κ3) is 4.46. The number of hydrogen-bond acceptors (Lipinski definition) is 3. The number of carbonyl (C=O) groups is 2. The maximum atomic E-state index is 12.0. The first-order chi connectivity index (χ1) is 10.1. The molecule has 1 amide bonds. The van der Waals surface area contributed by atoms with Gasteiger partial charge in [-0.2, -0.15) is 0 Å². The van der Waals surface area contributed by atoms with E-state index in [2.05, 4.69) is 10.1 Å². The van der Waals surface area contributed by atoms with Crippen LogP contribution in [0.1, 0.15) is 48.9 Å². The largest absolute Gasteiger partial charge is 0.465 e. The van der Waals surface area contributed by atoms with Gasteiger partial charge >= 0.3 is 5.97 Å². The number of halogens is 1. The SMILES string of the molecule is COC(=O)c1ccc(Cl)c(NC(=O)CCC2CCCC2)c1. The van der Waals surface area contributed by atoms with Crippen LogP contribution < -0.4 is 5.32 Å². The van der Waals surface area contributed by atoms with Crippen LogP contribution in [-0.4, -0.2) is 19.0 Å². The van der Waals surface area contributed by atoms with Gasteiger partial charge in [0.05, 0.1) is 23.4 Å². The van der Waals surface area contributed by atoms with Gasteiger partial charge in [0.25, 0.3) is 0 Å². The molecule has 1 aliphatic rings. The lowest BCUT2D eigenvalue weighted by Gasteiger charge is -2.11. The minimum Gasteiger partial charge on any atom is -0.465 e. The minimum absolute atomic E-state index is 0.0641. The van der Waals surface area contributed by atoms with Crippen molar-refractivity contribution >= 4 is 29.2 Å². The van der Waals surface area contributed by atoms with Crippen LogP contribution in [0.25, 0.3) is 0 Å². The first-order valence-corrected chi connectivity index (χ1v) is 7.65. The van der Waals surface area contributed by atoms with Gasteiger partial charge in [-0.05, 0) is 30.5 Å². The molecule has 2 rings (SSSR count). The number of nitrogens with one attached hydrogen (secondary N) is 1. The van der Waals surface area contributed by atoms with Crippen LogP contribution >= 0.6 is 11.6 Å². The Bertz CT molecular complexity index is 524. The number of methoxy groups -OCH3 is 1. The molecule has 1 fully saturated rings. The third-order valence-corrected chi connectivity index (χ3v) is 4.25. The predicted molar refractivity (Wildman–Crippen MR) is 82.6 cm³/mol. The molecular formula is C16H20ClNO3. The van der Waals surface area contributed by atoms with E-state index in [1.807, 2.05) is 0 Å². The molecule has 0 saturated heterocycles. The van der Waals surface area contributed by atoms with Gasteiger partial charge in [-0.1, -0.05) is 37.3 Å². The zero-order chi connectivity index (χ0) is 15.2. The number of amides is 1. The lowest BCUT2D eigenvalue weighted by Crippen LogP contribution is -2.13. The summed E-state index contributed by atoms with van der Waals surface area (Å²) in [5, 5.41) is 3.19. The molecule has 0 atom stereocenters. The van der Waals surface area contributed by atoms with E-state index < -0.39 is 5.97 Å². The van der Waals surface area contributed by atoms with Crippen molar-refractivity contribution in [3.63, 3.8) is 0 Å². The van der Waals surface area contributed by atoms with Gasteiger partial charge in [0.15, 0.2) is 0 Å². The second-order valence-electron chi connectivity index (χ2n) is 5.42. The fraction of sp³-hybridized carbons (Fsp3) is 0.500. The molecule has 0 aromatic heterocycles. The van der Waals surface area contributed by atoms with Gasteiger partial charge in [-0.25, -0.2) is 4.79 Å². The molecule has 0 heterocycles. The van der Waals surface area contributed by atoms with E-state index in [4.69, 9.17) is 11.6 Å². The zero-order valence-electron chi connectivity index (χ0n) is 12.2. The number of carbonyl (C=O) groups excluding carboxylic acids is 2. The minimum atomic E-state index is -0.451. The zero-order valence-corrected chi connectivity index (χ0v) is 12.9. The summed E-state index contributed by atoms with van der Waals surface area (Å²) in [6.45, 7) is 0. The number of hydrogen-bond donors (Lipinski definition) is 1. The van der Waals surface area contributed by atoms with Gasteiger partial charge in [-0.15, -0.1) is 0 Å². The Morgan fingerprint density at radius 3 is 2.71 bits per heavy atom. The van der Waals surface area contributed by atoms with Crippen LogP contribution in [0, 0.1) is 5.92 Å². The molecule has 0 aliphatic heterocycles. The molecule has 1 aliphatic carbocycles. The van der Waals surface area contributed by atoms with Crippen molar-refractivity contribution in [2.75, 3.05) is 12.4 Å². The fourth-order valence-electron chi connectivity index (χ4n) is 2.71. The molecule has 1 aromatic rings. The van der Waals surface area contributed by atoms with Crippen LogP contribution in [0.4, 0.5) is 5.69 Å². The Balaban J connectivity index is 1.94. The van der Waals surface area contributed by atoms with Crippen LogP contribution in [-0.2, 0) is 9.53 Å². The van der Waals surface area contributed by atoms with Crippen molar-refractivity contribution in [3.8, 4) is 0 Å². The first kappa shape index (κ1) is 15.8. The van der Waals surface area contributed by atoms with E-state index >= 15 is 0 Å². The second-order valence-corrected chi connectivity index (χ2v) is 5.83. The van der Waals surface area contributed by atoms with Crippen LogP contribution in [0.2, 0.25) is 5.02 Å². The van der Waals surface area contributed by atoms with Gasteiger partial charge in [-0.3, -0.25) is 4.79 Å². The van der Waals surface area contributed by atoms with E-state index in [1.165, 1.54) is 32.8 Å². The van der Waals surface area contributed by atoms with E-state index in [-0.39, 0.29) is 5.91 Å². The van der Waals surface area contributed by atoms with Crippen LogP contribution in [0.15, 0.2) is 18.2 Å². The highest BCUT2D eigenvalue weighted by atomic mass is 35.5. The Hall–Kier alpha value is -1.55. The Kier molecular flexibility index (Phi) is 5.62. The van der Waals surface area contributed by atoms with Crippen LogP contribution in [0.5, 0.6) is 0 Å². The molecule has 0 radical (unpaired) electrons. The number of ether oxygens (including phenoxy) is 1. The summed E-state index contributed by atoms with van der Waals surface area (Å²) in [6, 6.07) is 4.70. The summed E-state index contributed by atoms with van der Waals surface area (Å²) in [7, 11) is 1.32. The molecule has 4 nitrogen and oxygen atoms in total. The lowest BCUT2D eigenvalue weighted by molar-refractivity contribution is -0.116. The van der Waals surface area contributed by atoms with Crippen LogP contribution in [0.3, 0.4) is 0 Å². The average Bonchev–Trinajstić information content (AvgIpc) is 3.00. The molecule has 0 bridgehead atoms. The highest BCUT2D eigenvalue weighted by Gasteiger charge is 2.17. The quantitative estimate of drug-likeness (QED) is 0.835. The predicted octanol–water partition coefficient (Wildman–Crippen LogP) is 4.04. The Morgan fingerprint density at radius 1 is 1.33 bits per heavy atom. The first-order valence-electron chi connectivity index (χ1n) is 7.28. The summed E-state index contributed by atoms with van der Waals surface area (Å²) >= 11 is 6.05. The molecule has 5 heteroatoms. The smallest absolute Gasteiger partial charge is 0.337 e. The molecule has 1 saturated carbocycles. The van der Waals surface area contributed by atoms with E-state index in [1.54, 1.807) is 18.2 Å². The highest BCUT2D eigenvalue weighted by molar-refractivity contribution is 6.33. The summed E-state index contributed by atoms with van der Waals surface area (Å²) < 4.78 is 4.66.